The smallest absolute Gasteiger partial charge is 0.0124 e. The summed E-state index contributed by atoms with van der Waals surface area (Å²) in [7, 11) is 0. The van der Waals surface area contributed by atoms with Gasteiger partial charge in [0.05, 0.1) is 0 Å². The maximum absolute atomic E-state index is 3.67. The van der Waals surface area contributed by atoms with E-state index in [-0.39, 0.29) is 1.43 Å². The van der Waals surface area contributed by atoms with Gasteiger partial charge in [0, 0.05) is 7.47 Å². The molecule has 0 amide bonds. The Balaban J connectivity index is 0.000000720. The molecule has 66 valence electrons. The van der Waals surface area contributed by atoms with Crippen LogP contribution in [0.15, 0.2) is 0 Å². The highest BCUT2D eigenvalue weighted by Crippen LogP contribution is 2.60. The van der Waals surface area contributed by atoms with Crippen molar-refractivity contribution in [1.82, 2.24) is 5.32 Å². The Labute approximate surface area is 71.0 Å². The molecule has 11 heavy (non-hydrogen) atoms. The van der Waals surface area contributed by atoms with Crippen LogP contribution in [0.5, 0.6) is 0 Å². The Bertz CT molecular complexity index is 152. The number of hydrogen-bond acceptors (Lipinski definition) is 1. The summed E-state index contributed by atoms with van der Waals surface area (Å²) >= 11 is 0. The quantitative estimate of drug-likeness (QED) is 0.660. The molecule has 0 unspecified atom stereocenters. The third-order valence-electron chi connectivity index (χ3n) is 3.33. The largest absolute Gasteiger partial charge is 0.313 e. The van der Waals surface area contributed by atoms with Gasteiger partial charge in [-0.1, -0.05) is 13.8 Å². The summed E-state index contributed by atoms with van der Waals surface area (Å²) in [5, 5.41) is 3.67. The Kier molecular flexibility index (Phi) is 1.71. The van der Waals surface area contributed by atoms with Crippen molar-refractivity contribution >= 4 is 0 Å². The standard InChI is InChI=1S/C10H19N.H2/c1-8(2)7-11-9-3-4-10(9)5-6-10;/h8-9,11H,3-7H2,1-2H3;1H/t9-;/m0./s1. The summed E-state index contributed by atoms with van der Waals surface area (Å²) in [4.78, 5) is 0. The molecule has 2 fully saturated rings. The van der Waals surface area contributed by atoms with Crippen molar-refractivity contribution in [2.45, 2.75) is 45.6 Å². The topological polar surface area (TPSA) is 12.0 Å². The second kappa shape index (κ2) is 2.48. The highest BCUT2D eigenvalue weighted by atomic mass is 15.0. The monoisotopic (exact) mass is 155 g/mol. The lowest BCUT2D eigenvalue weighted by molar-refractivity contribution is 0.180. The van der Waals surface area contributed by atoms with Crippen LogP contribution in [0.2, 0.25) is 0 Å². The molecule has 0 saturated heterocycles. The predicted molar refractivity (Wildman–Crippen MR) is 49.6 cm³/mol. The number of hydrogen-bond donors (Lipinski definition) is 1. The maximum atomic E-state index is 3.67. The molecule has 1 spiro atoms. The van der Waals surface area contributed by atoms with Crippen LogP contribution in [0, 0.1) is 11.3 Å². The van der Waals surface area contributed by atoms with Gasteiger partial charge in [-0.2, -0.15) is 0 Å². The molecular formula is C10H21N. The zero-order valence-electron chi connectivity index (χ0n) is 7.69. The van der Waals surface area contributed by atoms with Crippen LogP contribution in [0.1, 0.15) is 41.0 Å². The minimum absolute atomic E-state index is 0. The van der Waals surface area contributed by atoms with E-state index in [0.29, 0.717) is 0 Å². The van der Waals surface area contributed by atoms with Gasteiger partial charge in [0.2, 0.25) is 0 Å². The molecule has 0 radical (unpaired) electrons. The first-order valence-electron chi connectivity index (χ1n) is 4.96. The normalized spacial score (nSPS) is 32.5. The third-order valence-corrected chi connectivity index (χ3v) is 3.33. The van der Waals surface area contributed by atoms with E-state index in [2.05, 4.69) is 19.2 Å². The summed E-state index contributed by atoms with van der Waals surface area (Å²) in [6.07, 6.45) is 5.95. The second-order valence-electron chi connectivity index (χ2n) is 4.76. The van der Waals surface area contributed by atoms with Crippen molar-refractivity contribution in [1.29, 1.82) is 0 Å². The van der Waals surface area contributed by atoms with Gasteiger partial charge in [-0.25, -0.2) is 0 Å². The molecule has 0 aromatic heterocycles. The first kappa shape index (κ1) is 7.60. The van der Waals surface area contributed by atoms with Crippen molar-refractivity contribution in [3.05, 3.63) is 0 Å². The molecule has 0 aliphatic heterocycles. The maximum Gasteiger partial charge on any atom is 0.0124 e. The Hall–Kier alpha value is -0.0400. The second-order valence-corrected chi connectivity index (χ2v) is 4.76. The first-order valence-corrected chi connectivity index (χ1v) is 4.96. The van der Waals surface area contributed by atoms with Crippen LogP contribution in [-0.4, -0.2) is 12.6 Å². The minimum atomic E-state index is 0. The van der Waals surface area contributed by atoms with Crippen molar-refractivity contribution in [2.75, 3.05) is 6.54 Å². The number of rotatable bonds is 3. The van der Waals surface area contributed by atoms with Gasteiger partial charge in [0.25, 0.3) is 0 Å². The highest BCUT2D eigenvalue weighted by molar-refractivity contribution is 5.09. The summed E-state index contributed by atoms with van der Waals surface area (Å²) < 4.78 is 0. The molecule has 0 aromatic rings. The molecular weight excluding hydrogens is 134 g/mol. The van der Waals surface area contributed by atoms with Gasteiger partial charge >= 0.3 is 0 Å². The average molecular weight is 155 g/mol. The minimum Gasteiger partial charge on any atom is -0.313 e. The van der Waals surface area contributed by atoms with E-state index >= 15 is 0 Å². The molecule has 0 heterocycles. The molecule has 1 atom stereocenters. The molecule has 2 saturated carbocycles. The van der Waals surface area contributed by atoms with E-state index in [1.807, 2.05) is 0 Å². The van der Waals surface area contributed by atoms with Crippen molar-refractivity contribution in [2.24, 2.45) is 11.3 Å². The lowest BCUT2D eigenvalue weighted by atomic mass is 9.76. The van der Waals surface area contributed by atoms with Crippen LogP contribution in [0.3, 0.4) is 0 Å². The molecule has 0 bridgehead atoms. The third kappa shape index (κ3) is 1.31. The van der Waals surface area contributed by atoms with Crippen molar-refractivity contribution in [3.8, 4) is 0 Å². The van der Waals surface area contributed by atoms with E-state index in [9.17, 15) is 0 Å². The molecule has 2 aliphatic carbocycles. The van der Waals surface area contributed by atoms with Gasteiger partial charge in [0.15, 0.2) is 0 Å². The predicted octanol–water partition coefficient (Wildman–Crippen LogP) is 2.42. The molecule has 1 heteroatoms. The van der Waals surface area contributed by atoms with Crippen LogP contribution < -0.4 is 5.32 Å². The number of nitrogens with one attached hydrogen (secondary N) is 1. The van der Waals surface area contributed by atoms with Gasteiger partial charge in [-0.15, -0.1) is 0 Å². The van der Waals surface area contributed by atoms with Crippen molar-refractivity contribution in [3.63, 3.8) is 0 Å². The zero-order chi connectivity index (χ0) is 7.90. The van der Waals surface area contributed by atoms with E-state index in [0.717, 1.165) is 17.4 Å². The van der Waals surface area contributed by atoms with Crippen LogP contribution in [0.25, 0.3) is 0 Å². The SMILES string of the molecule is CC(C)CN[C@H]1CCC12CC2.[HH]. The molecule has 0 aromatic carbocycles. The summed E-state index contributed by atoms with van der Waals surface area (Å²) in [6.45, 7) is 5.78. The molecule has 2 rings (SSSR count). The van der Waals surface area contributed by atoms with E-state index in [4.69, 9.17) is 0 Å². The summed E-state index contributed by atoms with van der Waals surface area (Å²) in [5.41, 5.74) is 0.814. The fourth-order valence-corrected chi connectivity index (χ4v) is 2.15. The lowest BCUT2D eigenvalue weighted by Crippen LogP contribution is -2.46. The summed E-state index contributed by atoms with van der Waals surface area (Å²) in [6, 6.07) is 0.893. The molecule has 1 N–H and O–H groups in total. The fraction of sp³-hybridized carbons (Fsp3) is 1.00. The molecule has 1 nitrogen and oxygen atoms in total. The first-order chi connectivity index (χ1) is 5.23. The van der Waals surface area contributed by atoms with Gasteiger partial charge in [0.1, 0.15) is 0 Å². The Morgan fingerprint density at radius 1 is 1.45 bits per heavy atom. The van der Waals surface area contributed by atoms with Crippen LogP contribution in [-0.2, 0) is 0 Å². The van der Waals surface area contributed by atoms with Gasteiger partial charge < -0.3 is 5.32 Å². The van der Waals surface area contributed by atoms with Crippen LogP contribution in [0.4, 0.5) is 0 Å². The van der Waals surface area contributed by atoms with Crippen molar-refractivity contribution < 1.29 is 1.43 Å². The van der Waals surface area contributed by atoms with E-state index in [1.54, 1.807) is 0 Å². The molecule has 2 aliphatic rings. The zero-order valence-corrected chi connectivity index (χ0v) is 7.69. The lowest BCUT2D eigenvalue weighted by Gasteiger charge is -2.38. The van der Waals surface area contributed by atoms with E-state index < -0.39 is 0 Å². The average Bonchev–Trinajstić information content (AvgIpc) is 2.64. The Morgan fingerprint density at radius 3 is 2.55 bits per heavy atom. The van der Waals surface area contributed by atoms with Gasteiger partial charge in [-0.05, 0) is 43.6 Å². The fourth-order valence-electron chi connectivity index (χ4n) is 2.15. The van der Waals surface area contributed by atoms with Gasteiger partial charge in [-0.3, -0.25) is 0 Å². The Morgan fingerprint density at radius 2 is 2.18 bits per heavy atom. The summed E-state index contributed by atoms with van der Waals surface area (Å²) in [5.74, 6) is 0.811. The highest BCUT2D eigenvalue weighted by Gasteiger charge is 2.54. The van der Waals surface area contributed by atoms with Crippen LogP contribution >= 0.6 is 0 Å². The van der Waals surface area contributed by atoms with E-state index in [1.165, 1.54) is 32.2 Å².